The molecular weight excluding hydrogens is 238 g/mol. The summed E-state index contributed by atoms with van der Waals surface area (Å²) in [6.45, 7) is 6.14. The van der Waals surface area contributed by atoms with E-state index in [1.807, 2.05) is 12.1 Å². The summed E-state index contributed by atoms with van der Waals surface area (Å²) >= 11 is 0. The SMILES string of the molecule is CC(C)c1nc2cc(N)ccc2n1CC1CCCO1. The molecule has 4 nitrogen and oxygen atoms in total. The van der Waals surface area contributed by atoms with Gasteiger partial charge in [0.2, 0.25) is 0 Å². The van der Waals surface area contributed by atoms with E-state index in [2.05, 4.69) is 24.5 Å². The molecule has 2 aromatic rings. The van der Waals surface area contributed by atoms with Gasteiger partial charge in [-0.2, -0.15) is 0 Å². The van der Waals surface area contributed by atoms with Gasteiger partial charge >= 0.3 is 0 Å². The molecule has 2 N–H and O–H groups in total. The van der Waals surface area contributed by atoms with Crippen LogP contribution in [0.2, 0.25) is 0 Å². The minimum atomic E-state index is 0.326. The normalized spacial score (nSPS) is 19.6. The predicted molar refractivity (Wildman–Crippen MR) is 77.2 cm³/mol. The smallest absolute Gasteiger partial charge is 0.112 e. The summed E-state index contributed by atoms with van der Waals surface area (Å²) in [5.74, 6) is 1.52. The second kappa shape index (κ2) is 4.85. The molecule has 1 aromatic heterocycles. The Bertz CT molecular complexity index is 582. The zero-order valence-electron chi connectivity index (χ0n) is 11.6. The number of hydrogen-bond acceptors (Lipinski definition) is 3. The van der Waals surface area contributed by atoms with E-state index >= 15 is 0 Å². The van der Waals surface area contributed by atoms with Crippen LogP contribution < -0.4 is 5.73 Å². The maximum atomic E-state index is 5.85. The zero-order valence-corrected chi connectivity index (χ0v) is 11.6. The molecule has 3 rings (SSSR count). The highest BCUT2D eigenvalue weighted by atomic mass is 16.5. The lowest BCUT2D eigenvalue weighted by Crippen LogP contribution is -2.17. The molecule has 0 amide bonds. The van der Waals surface area contributed by atoms with E-state index in [-0.39, 0.29) is 0 Å². The lowest BCUT2D eigenvalue weighted by atomic mass is 10.2. The van der Waals surface area contributed by atoms with Crippen molar-refractivity contribution >= 4 is 16.7 Å². The molecule has 102 valence electrons. The summed E-state index contributed by atoms with van der Waals surface area (Å²) in [5.41, 5.74) is 8.77. The van der Waals surface area contributed by atoms with Crippen molar-refractivity contribution in [3.05, 3.63) is 24.0 Å². The van der Waals surface area contributed by atoms with Gasteiger partial charge in [0.1, 0.15) is 5.82 Å². The van der Waals surface area contributed by atoms with Crippen molar-refractivity contribution in [1.82, 2.24) is 9.55 Å². The van der Waals surface area contributed by atoms with Crippen molar-refractivity contribution in [3.63, 3.8) is 0 Å². The molecule has 2 heterocycles. The fourth-order valence-corrected chi connectivity index (χ4v) is 2.79. The fraction of sp³-hybridized carbons (Fsp3) is 0.533. The Hall–Kier alpha value is -1.55. The van der Waals surface area contributed by atoms with E-state index in [0.29, 0.717) is 12.0 Å². The summed E-state index contributed by atoms with van der Waals surface area (Å²) in [5, 5.41) is 0. The van der Waals surface area contributed by atoms with Crippen LogP contribution in [-0.4, -0.2) is 22.3 Å². The van der Waals surface area contributed by atoms with E-state index in [9.17, 15) is 0 Å². The van der Waals surface area contributed by atoms with Gasteiger partial charge in [-0.1, -0.05) is 13.8 Å². The van der Waals surface area contributed by atoms with Crippen LogP contribution in [-0.2, 0) is 11.3 Å². The Morgan fingerprint density at radius 3 is 3.00 bits per heavy atom. The minimum absolute atomic E-state index is 0.326. The molecule has 0 radical (unpaired) electrons. The highest BCUT2D eigenvalue weighted by Gasteiger charge is 2.20. The Labute approximate surface area is 113 Å². The lowest BCUT2D eigenvalue weighted by Gasteiger charge is -2.15. The number of hydrogen-bond donors (Lipinski definition) is 1. The average Bonchev–Trinajstić information content (AvgIpc) is 2.97. The molecule has 19 heavy (non-hydrogen) atoms. The van der Waals surface area contributed by atoms with Crippen LogP contribution in [0.15, 0.2) is 18.2 Å². The summed E-state index contributed by atoms with van der Waals surface area (Å²) in [4.78, 5) is 4.74. The largest absolute Gasteiger partial charge is 0.399 e. The molecular formula is C15H21N3O. The predicted octanol–water partition coefficient (Wildman–Crippen LogP) is 2.92. The van der Waals surface area contributed by atoms with Crippen LogP contribution in [0.5, 0.6) is 0 Å². The molecule has 1 atom stereocenters. The average molecular weight is 259 g/mol. The van der Waals surface area contributed by atoms with E-state index in [4.69, 9.17) is 15.5 Å². The van der Waals surface area contributed by atoms with E-state index in [0.717, 1.165) is 42.1 Å². The van der Waals surface area contributed by atoms with Crippen LogP contribution in [0.4, 0.5) is 5.69 Å². The molecule has 4 heteroatoms. The summed E-state index contributed by atoms with van der Waals surface area (Å²) in [6.07, 6.45) is 2.64. The first kappa shape index (κ1) is 12.5. The number of nitrogens with two attached hydrogens (primary N) is 1. The van der Waals surface area contributed by atoms with Gasteiger partial charge in [-0.25, -0.2) is 4.98 Å². The van der Waals surface area contributed by atoms with E-state index in [1.165, 1.54) is 6.42 Å². The Morgan fingerprint density at radius 1 is 1.47 bits per heavy atom. The quantitative estimate of drug-likeness (QED) is 0.862. The fourth-order valence-electron chi connectivity index (χ4n) is 2.79. The minimum Gasteiger partial charge on any atom is -0.399 e. The summed E-state index contributed by atoms with van der Waals surface area (Å²) in [6, 6.07) is 5.96. The lowest BCUT2D eigenvalue weighted by molar-refractivity contribution is 0.0970. The van der Waals surface area contributed by atoms with Crippen molar-refractivity contribution in [1.29, 1.82) is 0 Å². The monoisotopic (exact) mass is 259 g/mol. The van der Waals surface area contributed by atoms with Crippen molar-refractivity contribution < 1.29 is 4.74 Å². The number of rotatable bonds is 3. The first-order chi connectivity index (χ1) is 9.15. The van der Waals surface area contributed by atoms with Crippen molar-refractivity contribution in [2.75, 3.05) is 12.3 Å². The molecule has 1 saturated heterocycles. The van der Waals surface area contributed by atoms with Gasteiger partial charge in [-0.15, -0.1) is 0 Å². The summed E-state index contributed by atoms with van der Waals surface area (Å²) in [7, 11) is 0. The topological polar surface area (TPSA) is 53.1 Å². The molecule has 0 saturated carbocycles. The third-order valence-electron chi connectivity index (χ3n) is 3.73. The van der Waals surface area contributed by atoms with Crippen LogP contribution >= 0.6 is 0 Å². The molecule has 0 spiro atoms. The van der Waals surface area contributed by atoms with Crippen molar-refractivity contribution in [2.45, 2.75) is 45.3 Å². The molecule has 1 unspecified atom stereocenters. The zero-order chi connectivity index (χ0) is 13.4. The number of nitrogens with zero attached hydrogens (tertiary/aromatic N) is 2. The Morgan fingerprint density at radius 2 is 2.32 bits per heavy atom. The number of nitrogen functional groups attached to an aromatic ring is 1. The van der Waals surface area contributed by atoms with Crippen LogP contribution in [0.3, 0.4) is 0 Å². The molecule has 1 aromatic carbocycles. The number of fused-ring (bicyclic) bond motifs is 1. The van der Waals surface area contributed by atoms with Gasteiger partial charge in [0.25, 0.3) is 0 Å². The van der Waals surface area contributed by atoms with Crippen LogP contribution in [0.1, 0.15) is 38.4 Å². The Balaban J connectivity index is 2.05. The van der Waals surface area contributed by atoms with E-state index < -0.39 is 0 Å². The third kappa shape index (κ3) is 2.32. The van der Waals surface area contributed by atoms with Gasteiger partial charge in [-0.05, 0) is 31.0 Å². The third-order valence-corrected chi connectivity index (χ3v) is 3.73. The molecule has 1 aliphatic heterocycles. The molecule has 1 fully saturated rings. The Kier molecular flexibility index (Phi) is 3.19. The first-order valence-corrected chi connectivity index (χ1v) is 7.02. The highest BCUT2D eigenvalue weighted by Crippen LogP contribution is 2.25. The van der Waals surface area contributed by atoms with Gasteiger partial charge in [0, 0.05) is 18.2 Å². The van der Waals surface area contributed by atoms with Gasteiger partial charge in [0.05, 0.1) is 23.7 Å². The molecule has 1 aliphatic rings. The van der Waals surface area contributed by atoms with E-state index in [1.54, 1.807) is 0 Å². The van der Waals surface area contributed by atoms with Crippen molar-refractivity contribution in [3.8, 4) is 0 Å². The van der Waals surface area contributed by atoms with Gasteiger partial charge < -0.3 is 15.0 Å². The maximum Gasteiger partial charge on any atom is 0.112 e. The molecule has 0 aliphatic carbocycles. The van der Waals surface area contributed by atoms with Gasteiger partial charge in [-0.3, -0.25) is 0 Å². The maximum absolute atomic E-state index is 5.85. The number of aromatic nitrogens is 2. The number of imidazole rings is 1. The second-order valence-electron chi connectivity index (χ2n) is 5.62. The standard InChI is InChI=1S/C15H21N3O/c1-10(2)15-17-13-8-11(16)5-6-14(13)18(15)9-12-4-3-7-19-12/h5-6,8,10,12H,3-4,7,9,16H2,1-2H3. The number of anilines is 1. The van der Waals surface area contributed by atoms with Crippen LogP contribution in [0, 0.1) is 0 Å². The second-order valence-corrected chi connectivity index (χ2v) is 5.62. The summed E-state index contributed by atoms with van der Waals surface area (Å²) < 4.78 is 8.06. The molecule has 0 bridgehead atoms. The highest BCUT2D eigenvalue weighted by molar-refractivity contribution is 5.79. The number of benzene rings is 1. The van der Waals surface area contributed by atoms with Crippen LogP contribution in [0.25, 0.3) is 11.0 Å². The van der Waals surface area contributed by atoms with Gasteiger partial charge in [0.15, 0.2) is 0 Å². The number of ether oxygens (including phenoxy) is 1. The first-order valence-electron chi connectivity index (χ1n) is 7.02. The van der Waals surface area contributed by atoms with Crippen molar-refractivity contribution in [2.24, 2.45) is 0 Å².